The van der Waals surface area contributed by atoms with Crippen LogP contribution in [0.25, 0.3) is 0 Å². The summed E-state index contributed by atoms with van der Waals surface area (Å²) in [6, 6.07) is 8.25. The summed E-state index contributed by atoms with van der Waals surface area (Å²) in [4.78, 5) is 16.8. The Morgan fingerprint density at radius 1 is 1.14 bits per heavy atom. The van der Waals surface area contributed by atoms with E-state index in [1.165, 1.54) is 9.75 Å². The van der Waals surface area contributed by atoms with Crippen LogP contribution in [0.2, 0.25) is 0 Å². The van der Waals surface area contributed by atoms with Crippen LogP contribution in [0.3, 0.4) is 0 Å². The van der Waals surface area contributed by atoms with E-state index >= 15 is 0 Å². The van der Waals surface area contributed by atoms with Crippen molar-refractivity contribution in [2.75, 3.05) is 13.1 Å². The molecule has 21 heavy (non-hydrogen) atoms. The first-order chi connectivity index (χ1) is 10.2. The highest BCUT2D eigenvalue weighted by Crippen LogP contribution is 2.29. The quantitative estimate of drug-likeness (QED) is 0.842. The molecule has 0 aliphatic rings. The van der Waals surface area contributed by atoms with Gasteiger partial charge in [0.2, 0.25) is 5.91 Å². The second-order valence-electron chi connectivity index (χ2n) is 4.86. The molecular formula is C16H22N2OS2. The normalized spacial score (nSPS) is 12.6. The third-order valence-corrected chi connectivity index (χ3v) is 5.39. The summed E-state index contributed by atoms with van der Waals surface area (Å²) in [5.74, 6) is 0.165. The van der Waals surface area contributed by atoms with Crippen LogP contribution in [0.4, 0.5) is 0 Å². The first-order valence-corrected chi connectivity index (χ1v) is 9.04. The van der Waals surface area contributed by atoms with E-state index in [1.54, 1.807) is 22.7 Å². The number of likely N-dealkylation sites (N-methyl/N-ethyl adjacent to an activating group) is 1. The lowest BCUT2D eigenvalue weighted by Gasteiger charge is -2.26. The molecule has 2 aromatic heterocycles. The maximum absolute atomic E-state index is 12.5. The molecule has 2 aromatic rings. The predicted molar refractivity (Wildman–Crippen MR) is 91.0 cm³/mol. The van der Waals surface area contributed by atoms with Gasteiger partial charge in [-0.1, -0.05) is 12.1 Å². The van der Waals surface area contributed by atoms with Gasteiger partial charge in [0.25, 0.3) is 0 Å². The van der Waals surface area contributed by atoms with Gasteiger partial charge in [0.1, 0.15) is 0 Å². The molecule has 0 aromatic carbocycles. The number of hydrogen-bond acceptors (Lipinski definition) is 4. The van der Waals surface area contributed by atoms with Crippen molar-refractivity contribution in [1.29, 1.82) is 0 Å². The van der Waals surface area contributed by atoms with Crippen molar-refractivity contribution in [3.63, 3.8) is 0 Å². The Labute approximate surface area is 134 Å². The van der Waals surface area contributed by atoms with Gasteiger partial charge in [-0.25, -0.2) is 0 Å². The zero-order valence-electron chi connectivity index (χ0n) is 12.7. The topological polar surface area (TPSA) is 32.3 Å². The van der Waals surface area contributed by atoms with Crippen LogP contribution in [0, 0.1) is 0 Å². The number of nitrogens with one attached hydrogen (secondary N) is 1. The van der Waals surface area contributed by atoms with Crippen LogP contribution >= 0.6 is 22.7 Å². The van der Waals surface area contributed by atoms with Gasteiger partial charge in [-0.05, 0) is 43.7 Å². The lowest BCUT2D eigenvalue weighted by atomic mass is 10.1. The Morgan fingerprint density at radius 3 is 2.05 bits per heavy atom. The summed E-state index contributed by atoms with van der Waals surface area (Å²) in [6.45, 7) is 7.50. The molecule has 1 atom stereocenters. The molecule has 1 unspecified atom stereocenters. The molecule has 1 amide bonds. The number of carbonyl (C=O) groups is 1. The molecule has 0 spiro atoms. The van der Waals surface area contributed by atoms with Gasteiger partial charge in [-0.15, -0.1) is 22.7 Å². The third-order valence-electron chi connectivity index (χ3n) is 3.52. The van der Waals surface area contributed by atoms with Crippen LogP contribution in [0.15, 0.2) is 35.0 Å². The van der Waals surface area contributed by atoms with Gasteiger partial charge in [0.15, 0.2) is 0 Å². The average molecular weight is 322 g/mol. The lowest BCUT2D eigenvalue weighted by Crippen LogP contribution is -2.45. The van der Waals surface area contributed by atoms with Crippen molar-refractivity contribution in [3.8, 4) is 0 Å². The molecule has 114 valence electrons. The highest BCUT2D eigenvalue weighted by Gasteiger charge is 2.24. The monoisotopic (exact) mass is 322 g/mol. The van der Waals surface area contributed by atoms with Gasteiger partial charge in [-0.2, -0.15) is 0 Å². The van der Waals surface area contributed by atoms with Gasteiger partial charge in [0, 0.05) is 22.8 Å². The van der Waals surface area contributed by atoms with Crippen molar-refractivity contribution in [2.45, 2.75) is 32.9 Å². The van der Waals surface area contributed by atoms with Gasteiger partial charge >= 0.3 is 0 Å². The molecule has 0 saturated heterocycles. The van der Waals surface area contributed by atoms with Crippen molar-refractivity contribution < 1.29 is 4.79 Å². The zero-order chi connectivity index (χ0) is 15.2. The van der Waals surface area contributed by atoms with Crippen LogP contribution in [0.5, 0.6) is 0 Å². The largest absolute Gasteiger partial charge is 0.342 e. The minimum Gasteiger partial charge on any atom is -0.342 e. The maximum Gasteiger partial charge on any atom is 0.239 e. The predicted octanol–water partition coefficient (Wildman–Crippen LogP) is 3.75. The Balaban J connectivity index is 2.14. The molecule has 0 saturated carbocycles. The fourth-order valence-corrected chi connectivity index (χ4v) is 4.03. The number of thiophene rings is 2. The Morgan fingerprint density at radius 2 is 1.67 bits per heavy atom. The summed E-state index contributed by atoms with van der Waals surface area (Å²) < 4.78 is 0. The van der Waals surface area contributed by atoms with Crippen molar-refractivity contribution in [2.24, 2.45) is 0 Å². The van der Waals surface area contributed by atoms with Crippen LogP contribution in [-0.4, -0.2) is 29.9 Å². The van der Waals surface area contributed by atoms with E-state index in [9.17, 15) is 4.79 Å². The first kappa shape index (κ1) is 16.2. The second-order valence-corrected chi connectivity index (χ2v) is 6.82. The van der Waals surface area contributed by atoms with E-state index in [0.717, 1.165) is 13.1 Å². The maximum atomic E-state index is 12.5. The molecule has 0 fully saturated rings. The third kappa shape index (κ3) is 3.93. The molecule has 0 aliphatic heterocycles. The molecule has 0 aliphatic carbocycles. The van der Waals surface area contributed by atoms with E-state index in [0.29, 0.717) is 0 Å². The van der Waals surface area contributed by atoms with Crippen LogP contribution < -0.4 is 5.32 Å². The van der Waals surface area contributed by atoms with Crippen molar-refractivity contribution in [1.82, 2.24) is 10.2 Å². The van der Waals surface area contributed by atoms with Gasteiger partial charge in [-0.3, -0.25) is 10.1 Å². The Hall–Kier alpha value is -1.17. The molecule has 3 nitrogen and oxygen atoms in total. The average Bonchev–Trinajstić information content (AvgIpc) is 3.19. The molecular weight excluding hydrogens is 300 g/mol. The number of amides is 1. The van der Waals surface area contributed by atoms with Gasteiger partial charge in [0.05, 0.1) is 12.1 Å². The SMILES string of the molecule is CCN(CC)C(=O)C(C)NC(c1cccs1)c1cccs1. The highest BCUT2D eigenvalue weighted by molar-refractivity contribution is 7.11. The van der Waals surface area contributed by atoms with E-state index < -0.39 is 0 Å². The minimum absolute atomic E-state index is 0.0968. The molecule has 0 bridgehead atoms. The van der Waals surface area contributed by atoms with Gasteiger partial charge < -0.3 is 4.90 Å². The minimum atomic E-state index is -0.195. The summed E-state index contributed by atoms with van der Waals surface area (Å²) >= 11 is 3.44. The fourth-order valence-electron chi connectivity index (χ4n) is 2.35. The standard InChI is InChI=1S/C16H22N2OS2/c1-4-18(5-2)16(19)12(3)17-15(13-8-6-10-20-13)14-9-7-11-21-14/h6-12,15,17H,4-5H2,1-3H3. The number of nitrogens with zero attached hydrogens (tertiary/aromatic N) is 1. The fraction of sp³-hybridized carbons (Fsp3) is 0.438. The smallest absolute Gasteiger partial charge is 0.239 e. The number of hydrogen-bond donors (Lipinski definition) is 1. The summed E-state index contributed by atoms with van der Waals surface area (Å²) in [7, 11) is 0. The summed E-state index contributed by atoms with van der Waals surface area (Å²) in [6.07, 6.45) is 0. The lowest BCUT2D eigenvalue weighted by molar-refractivity contribution is -0.132. The van der Waals surface area contributed by atoms with E-state index in [-0.39, 0.29) is 18.0 Å². The van der Waals surface area contributed by atoms with E-state index in [4.69, 9.17) is 0 Å². The second kappa shape index (κ2) is 7.73. The molecule has 1 N–H and O–H groups in total. The number of rotatable bonds is 7. The van der Waals surface area contributed by atoms with Crippen molar-refractivity contribution in [3.05, 3.63) is 44.8 Å². The van der Waals surface area contributed by atoms with Crippen molar-refractivity contribution >= 4 is 28.6 Å². The molecule has 5 heteroatoms. The highest BCUT2D eigenvalue weighted by atomic mass is 32.1. The van der Waals surface area contributed by atoms with E-state index in [1.807, 2.05) is 25.7 Å². The Kier molecular flexibility index (Phi) is 5.96. The Bertz CT molecular complexity index is 498. The van der Waals surface area contributed by atoms with Crippen LogP contribution in [0.1, 0.15) is 36.6 Å². The zero-order valence-corrected chi connectivity index (χ0v) is 14.3. The first-order valence-electron chi connectivity index (χ1n) is 7.29. The number of carbonyl (C=O) groups excluding carboxylic acids is 1. The summed E-state index contributed by atoms with van der Waals surface area (Å²) in [5, 5.41) is 7.66. The molecule has 2 heterocycles. The van der Waals surface area contributed by atoms with Crippen LogP contribution in [-0.2, 0) is 4.79 Å². The molecule has 2 rings (SSSR count). The molecule has 0 radical (unpaired) electrons. The summed E-state index contributed by atoms with van der Waals surface area (Å²) in [5.41, 5.74) is 0. The van der Waals surface area contributed by atoms with E-state index in [2.05, 4.69) is 40.3 Å².